The molecule has 218 valence electrons. The summed E-state index contributed by atoms with van der Waals surface area (Å²) in [6, 6.07) is 28.8. The standard InChI is InChI=1S/C37H30N2O5/c1-20-14-15-21(2)29(16-20)38-19-22(17-30(38)40)37(43)44-24-9-7-8-23(18-24)39-35(41)33-31-25-10-3-4-11-26(25)32(34(33)36(39)42)28-13-6-5-12-27(28)31/h3-16,18,22,31-34H,17,19H2,1-2H3/t22-,31?,32?,33-,34+/m1/s1. The van der Waals surface area contributed by atoms with E-state index in [4.69, 9.17) is 4.74 Å². The Morgan fingerprint density at radius 2 is 1.32 bits per heavy atom. The Labute approximate surface area is 255 Å². The molecule has 3 atom stereocenters. The van der Waals surface area contributed by atoms with Crippen LogP contribution in [0, 0.1) is 31.6 Å². The zero-order chi connectivity index (χ0) is 30.3. The van der Waals surface area contributed by atoms with E-state index in [1.165, 1.54) is 4.90 Å². The predicted octanol–water partition coefficient (Wildman–Crippen LogP) is 5.66. The van der Waals surface area contributed by atoms with E-state index < -0.39 is 23.7 Å². The number of rotatable bonds is 4. The molecule has 0 spiro atoms. The van der Waals surface area contributed by atoms with Crippen LogP contribution in [0.1, 0.15) is 51.6 Å². The molecule has 2 bridgehead atoms. The largest absolute Gasteiger partial charge is 0.426 e. The van der Waals surface area contributed by atoms with Crippen molar-refractivity contribution in [2.24, 2.45) is 17.8 Å². The average molecular weight is 583 g/mol. The summed E-state index contributed by atoms with van der Waals surface area (Å²) < 4.78 is 5.76. The molecule has 9 rings (SSSR count). The number of benzene rings is 4. The lowest BCUT2D eigenvalue weighted by atomic mass is 9.55. The lowest BCUT2D eigenvalue weighted by Crippen LogP contribution is -2.41. The fourth-order valence-corrected chi connectivity index (χ4v) is 7.93. The molecule has 3 amide bonds. The van der Waals surface area contributed by atoms with E-state index in [0.29, 0.717) is 5.69 Å². The summed E-state index contributed by atoms with van der Waals surface area (Å²) in [7, 11) is 0. The van der Waals surface area contributed by atoms with Crippen molar-refractivity contribution in [1.29, 1.82) is 0 Å². The number of anilines is 2. The Hall–Kier alpha value is -5.04. The summed E-state index contributed by atoms with van der Waals surface area (Å²) in [6.45, 7) is 4.15. The van der Waals surface area contributed by atoms with Crippen LogP contribution in [-0.4, -0.2) is 30.2 Å². The maximum Gasteiger partial charge on any atom is 0.316 e. The van der Waals surface area contributed by atoms with E-state index in [2.05, 4.69) is 24.3 Å². The zero-order valence-electron chi connectivity index (χ0n) is 24.4. The first-order chi connectivity index (χ1) is 21.3. The third-order valence-corrected chi connectivity index (χ3v) is 9.86. The molecule has 3 aliphatic carbocycles. The van der Waals surface area contributed by atoms with Gasteiger partial charge in [-0.05, 0) is 65.4 Å². The number of carbonyl (C=O) groups excluding carboxylic acids is 4. The van der Waals surface area contributed by atoms with Gasteiger partial charge < -0.3 is 9.64 Å². The van der Waals surface area contributed by atoms with Crippen LogP contribution in [0.15, 0.2) is 91.0 Å². The molecule has 44 heavy (non-hydrogen) atoms. The van der Waals surface area contributed by atoms with Crippen LogP contribution in [0.3, 0.4) is 0 Å². The summed E-state index contributed by atoms with van der Waals surface area (Å²) >= 11 is 0. The molecular weight excluding hydrogens is 552 g/mol. The molecule has 2 saturated heterocycles. The van der Waals surface area contributed by atoms with E-state index in [1.807, 2.05) is 56.3 Å². The van der Waals surface area contributed by atoms with E-state index >= 15 is 0 Å². The number of hydrogen-bond donors (Lipinski definition) is 0. The summed E-state index contributed by atoms with van der Waals surface area (Å²) in [5, 5.41) is 0. The molecule has 7 heteroatoms. The molecule has 2 heterocycles. The summed E-state index contributed by atoms with van der Waals surface area (Å²) in [6.07, 6.45) is 0.0578. The van der Waals surface area contributed by atoms with Gasteiger partial charge in [-0.25, -0.2) is 4.90 Å². The highest BCUT2D eigenvalue weighted by Gasteiger charge is 2.61. The van der Waals surface area contributed by atoms with E-state index in [9.17, 15) is 19.2 Å². The second-order valence-electron chi connectivity index (χ2n) is 12.4. The molecule has 0 saturated carbocycles. The molecule has 0 unspecified atom stereocenters. The topological polar surface area (TPSA) is 84.0 Å². The summed E-state index contributed by atoms with van der Waals surface area (Å²) in [5.74, 6) is -2.87. The summed E-state index contributed by atoms with van der Waals surface area (Å²) in [4.78, 5) is 57.3. The smallest absolute Gasteiger partial charge is 0.316 e. The number of carbonyl (C=O) groups is 4. The van der Waals surface area contributed by atoms with E-state index in [-0.39, 0.29) is 48.3 Å². The van der Waals surface area contributed by atoms with Crippen molar-refractivity contribution >= 4 is 35.1 Å². The Morgan fingerprint density at radius 1 is 0.727 bits per heavy atom. The van der Waals surface area contributed by atoms with Gasteiger partial charge >= 0.3 is 5.97 Å². The number of amides is 3. The van der Waals surface area contributed by atoms with Gasteiger partial charge in [-0.2, -0.15) is 0 Å². The van der Waals surface area contributed by atoms with Crippen molar-refractivity contribution in [2.45, 2.75) is 32.1 Å². The van der Waals surface area contributed by atoms with Crippen molar-refractivity contribution in [3.8, 4) is 5.75 Å². The molecule has 0 N–H and O–H groups in total. The van der Waals surface area contributed by atoms with Gasteiger partial charge in [-0.15, -0.1) is 0 Å². The van der Waals surface area contributed by atoms with Gasteiger partial charge in [0.15, 0.2) is 0 Å². The van der Waals surface area contributed by atoms with Gasteiger partial charge in [0.2, 0.25) is 17.7 Å². The highest BCUT2D eigenvalue weighted by molar-refractivity contribution is 6.23. The number of esters is 1. The fraction of sp³-hybridized carbons (Fsp3) is 0.243. The minimum absolute atomic E-state index is 0.0578. The van der Waals surface area contributed by atoms with Crippen molar-refractivity contribution in [2.75, 3.05) is 16.3 Å². The van der Waals surface area contributed by atoms with Crippen LogP contribution in [0.2, 0.25) is 0 Å². The molecule has 2 aliphatic heterocycles. The molecule has 7 nitrogen and oxygen atoms in total. The maximum atomic E-state index is 14.1. The first kappa shape index (κ1) is 26.6. The minimum atomic E-state index is -0.628. The van der Waals surface area contributed by atoms with E-state index in [1.54, 1.807) is 29.2 Å². The fourth-order valence-electron chi connectivity index (χ4n) is 7.93. The van der Waals surface area contributed by atoms with Gasteiger partial charge in [0.25, 0.3) is 0 Å². The van der Waals surface area contributed by atoms with Gasteiger partial charge in [0.05, 0.1) is 23.4 Å². The van der Waals surface area contributed by atoms with Crippen molar-refractivity contribution < 1.29 is 23.9 Å². The van der Waals surface area contributed by atoms with Crippen LogP contribution in [0.25, 0.3) is 0 Å². The Kier molecular flexibility index (Phi) is 5.88. The molecule has 4 aromatic rings. The number of nitrogens with zero attached hydrogens (tertiary/aromatic N) is 2. The van der Waals surface area contributed by atoms with Gasteiger partial charge in [0.1, 0.15) is 5.75 Å². The molecule has 4 aromatic carbocycles. The third kappa shape index (κ3) is 3.81. The quantitative estimate of drug-likeness (QED) is 0.176. The first-order valence-electron chi connectivity index (χ1n) is 15.1. The van der Waals surface area contributed by atoms with Gasteiger partial charge in [0, 0.05) is 36.6 Å². The monoisotopic (exact) mass is 582 g/mol. The Morgan fingerprint density at radius 3 is 1.91 bits per heavy atom. The van der Waals surface area contributed by atoms with Crippen molar-refractivity contribution in [3.05, 3.63) is 124 Å². The lowest BCUT2D eigenvalue weighted by molar-refractivity contribution is -0.139. The zero-order valence-corrected chi connectivity index (χ0v) is 24.4. The normalized spacial score (nSPS) is 24.8. The molecule has 5 aliphatic rings. The van der Waals surface area contributed by atoms with Crippen LogP contribution in [0.5, 0.6) is 5.75 Å². The van der Waals surface area contributed by atoms with Gasteiger partial charge in [-0.1, -0.05) is 66.7 Å². The number of ether oxygens (including phenoxy) is 1. The SMILES string of the molecule is Cc1ccc(C)c(N2C[C@H](C(=O)Oc3cccc(N4C(=O)[C@@H]5C6c7ccccc7C(c7ccccc76)[C@@H]5C4=O)c3)CC2=O)c1. The molecule has 0 radical (unpaired) electrons. The van der Waals surface area contributed by atoms with Crippen LogP contribution in [0.4, 0.5) is 11.4 Å². The maximum absolute atomic E-state index is 14.1. The van der Waals surface area contributed by atoms with Crippen LogP contribution >= 0.6 is 0 Å². The second kappa shape index (κ2) is 9.74. The Balaban J connectivity index is 1.06. The molecule has 2 fully saturated rings. The Bertz CT molecular complexity index is 1800. The van der Waals surface area contributed by atoms with Crippen LogP contribution in [-0.2, 0) is 19.2 Å². The van der Waals surface area contributed by atoms with Crippen molar-refractivity contribution in [1.82, 2.24) is 0 Å². The summed E-state index contributed by atoms with van der Waals surface area (Å²) in [5.41, 5.74) is 7.64. The number of imide groups is 1. The first-order valence-corrected chi connectivity index (χ1v) is 15.1. The van der Waals surface area contributed by atoms with Crippen molar-refractivity contribution in [3.63, 3.8) is 0 Å². The highest BCUT2D eigenvalue weighted by atomic mass is 16.5. The van der Waals surface area contributed by atoms with E-state index in [0.717, 1.165) is 39.1 Å². The lowest BCUT2D eigenvalue weighted by Gasteiger charge is -2.45. The van der Waals surface area contributed by atoms with Crippen LogP contribution < -0.4 is 14.5 Å². The highest BCUT2D eigenvalue weighted by Crippen LogP contribution is 2.61. The number of hydrogen-bond acceptors (Lipinski definition) is 5. The second-order valence-corrected chi connectivity index (χ2v) is 12.4. The number of aryl methyl sites for hydroxylation is 2. The van der Waals surface area contributed by atoms with Gasteiger partial charge in [-0.3, -0.25) is 19.2 Å². The minimum Gasteiger partial charge on any atom is -0.426 e. The predicted molar refractivity (Wildman–Crippen MR) is 164 cm³/mol. The third-order valence-electron chi connectivity index (χ3n) is 9.86. The average Bonchev–Trinajstić information content (AvgIpc) is 3.55. The molecule has 0 aromatic heterocycles. The molecular formula is C37H30N2O5.